The van der Waals surface area contributed by atoms with Gasteiger partial charge in [-0.2, -0.15) is 4.37 Å². The summed E-state index contributed by atoms with van der Waals surface area (Å²) in [5, 5.41) is 4.56. The van der Waals surface area contributed by atoms with Crippen molar-refractivity contribution >= 4 is 46.6 Å². The molecular formula is C20H38IN7S. The number of anilines is 1. The molecule has 0 aliphatic carbocycles. The number of aliphatic imine (C=N–C) groups is 1. The van der Waals surface area contributed by atoms with Gasteiger partial charge in [0.25, 0.3) is 0 Å². The molecule has 0 bridgehead atoms. The van der Waals surface area contributed by atoms with Crippen LogP contribution >= 0.6 is 35.5 Å². The smallest absolute Gasteiger partial charge is 0.205 e. The predicted octanol–water partition coefficient (Wildman–Crippen LogP) is 2.93. The Bertz CT molecular complexity index is 608. The molecule has 2 aliphatic rings. The lowest BCUT2D eigenvalue weighted by atomic mass is 9.94. The fraction of sp³-hybridized carbons (Fsp3) is 0.850. The van der Waals surface area contributed by atoms with Gasteiger partial charge in [0, 0.05) is 57.2 Å². The monoisotopic (exact) mass is 535 g/mol. The van der Waals surface area contributed by atoms with E-state index in [4.69, 9.17) is 4.99 Å². The standard InChI is InChI=1S/C20H37N7S.HI/c1-4-18-23-20(28-24-18)27-15-13-26(14-16-27)19(21-5-2)22-10-7-17-8-11-25(6-3)12-9-17;/h17H,4-16H2,1-3H3,(H,21,22);1H. The third-order valence-electron chi connectivity index (χ3n) is 5.91. The van der Waals surface area contributed by atoms with E-state index in [-0.39, 0.29) is 24.0 Å². The molecule has 0 amide bonds. The van der Waals surface area contributed by atoms with Gasteiger partial charge in [0.2, 0.25) is 5.13 Å². The Morgan fingerprint density at radius 2 is 1.83 bits per heavy atom. The maximum absolute atomic E-state index is 4.96. The van der Waals surface area contributed by atoms with Crippen molar-refractivity contribution in [3.63, 3.8) is 0 Å². The number of likely N-dealkylation sites (tertiary alicyclic amines) is 1. The van der Waals surface area contributed by atoms with E-state index < -0.39 is 0 Å². The van der Waals surface area contributed by atoms with Gasteiger partial charge >= 0.3 is 0 Å². The lowest BCUT2D eigenvalue weighted by Gasteiger charge is -2.36. The molecule has 3 rings (SSSR count). The number of piperazine rings is 1. The van der Waals surface area contributed by atoms with Crippen LogP contribution in [-0.4, -0.2) is 84.0 Å². The highest BCUT2D eigenvalue weighted by atomic mass is 127. The van der Waals surface area contributed by atoms with Crippen LogP contribution in [0.15, 0.2) is 4.99 Å². The minimum Gasteiger partial charge on any atom is -0.357 e. The van der Waals surface area contributed by atoms with Gasteiger partial charge in [-0.05, 0) is 51.7 Å². The summed E-state index contributed by atoms with van der Waals surface area (Å²) < 4.78 is 4.42. The number of nitrogens with zero attached hydrogens (tertiary/aromatic N) is 6. The van der Waals surface area contributed by atoms with E-state index in [1.165, 1.54) is 50.4 Å². The molecule has 2 fully saturated rings. The summed E-state index contributed by atoms with van der Waals surface area (Å²) in [5.74, 6) is 2.89. The maximum atomic E-state index is 4.96. The van der Waals surface area contributed by atoms with Gasteiger partial charge in [0.1, 0.15) is 5.82 Å². The number of aromatic nitrogens is 2. The number of aryl methyl sites for hydroxylation is 1. The van der Waals surface area contributed by atoms with Gasteiger partial charge in [-0.1, -0.05) is 13.8 Å². The zero-order chi connectivity index (χ0) is 19.8. The topological polar surface area (TPSA) is 59.9 Å². The Hall–Kier alpha value is -0.680. The van der Waals surface area contributed by atoms with Crippen LogP contribution in [0, 0.1) is 5.92 Å². The summed E-state index contributed by atoms with van der Waals surface area (Å²) in [4.78, 5) is 16.9. The first-order chi connectivity index (χ1) is 13.7. The maximum Gasteiger partial charge on any atom is 0.205 e. The first kappa shape index (κ1) is 24.6. The molecule has 0 unspecified atom stereocenters. The summed E-state index contributed by atoms with van der Waals surface area (Å²) in [6, 6.07) is 0. The first-order valence-corrected chi connectivity index (χ1v) is 11.8. The molecule has 0 spiro atoms. The minimum atomic E-state index is 0. The van der Waals surface area contributed by atoms with Crippen molar-refractivity contribution in [2.24, 2.45) is 10.9 Å². The lowest BCUT2D eigenvalue weighted by molar-refractivity contribution is 0.188. The molecule has 1 aromatic rings. The molecule has 0 atom stereocenters. The fourth-order valence-electron chi connectivity index (χ4n) is 4.00. The molecular weight excluding hydrogens is 497 g/mol. The summed E-state index contributed by atoms with van der Waals surface area (Å²) in [6.45, 7) is 16.0. The van der Waals surface area contributed by atoms with Gasteiger partial charge in [-0.3, -0.25) is 4.99 Å². The summed E-state index contributed by atoms with van der Waals surface area (Å²) in [7, 11) is 0. The van der Waals surface area contributed by atoms with Gasteiger partial charge in [0.15, 0.2) is 5.96 Å². The highest BCUT2D eigenvalue weighted by Crippen LogP contribution is 2.21. The number of halogens is 1. The SMILES string of the molecule is CCNC(=NCCC1CCN(CC)CC1)N1CCN(c2nc(CC)ns2)CC1.I. The number of guanidine groups is 1. The average Bonchev–Trinajstić information content (AvgIpc) is 3.23. The highest BCUT2D eigenvalue weighted by molar-refractivity contribution is 14.0. The van der Waals surface area contributed by atoms with Crippen molar-refractivity contribution in [2.75, 3.05) is 63.8 Å². The molecule has 2 saturated heterocycles. The zero-order valence-electron chi connectivity index (χ0n) is 18.3. The molecule has 1 aromatic heterocycles. The van der Waals surface area contributed by atoms with Crippen molar-refractivity contribution in [1.82, 2.24) is 24.5 Å². The number of rotatable bonds is 7. The molecule has 0 radical (unpaired) electrons. The quantitative estimate of drug-likeness (QED) is 0.329. The first-order valence-electron chi connectivity index (χ1n) is 11.1. The predicted molar refractivity (Wildman–Crippen MR) is 134 cm³/mol. The van der Waals surface area contributed by atoms with Crippen LogP contribution in [0.2, 0.25) is 0 Å². The van der Waals surface area contributed by atoms with Crippen LogP contribution in [0.1, 0.15) is 45.9 Å². The largest absolute Gasteiger partial charge is 0.357 e. The third kappa shape index (κ3) is 7.20. The Morgan fingerprint density at radius 1 is 1.10 bits per heavy atom. The van der Waals surface area contributed by atoms with Crippen LogP contribution in [0.3, 0.4) is 0 Å². The third-order valence-corrected chi connectivity index (χ3v) is 6.73. The zero-order valence-corrected chi connectivity index (χ0v) is 21.4. The second kappa shape index (κ2) is 12.9. The van der Waals surface area contributed by atoms with Crippen molar-refractivity contribution in [3.05, 3.63) is 5.82 Å². The molecule has 166 valence electrons. The average molecular weight is 536 g/mol. The van der Waals surface area contributed by atoms with Crippen LogP contribution in [0.25, 0.3) is 0 Å². The Labute approximate surface area is 197 Å². The Kier molecular flexibility index (Phi) is 10.9. The molecule has 9 heteroatoms. The van der Waals surface area contributed by atoms with Crippen molar-refractivity contribution in [1.29, 1.82) is 0 Å². The summed E-state index contributed by atoms with van der Waals surface area (Å²) in [6.07, 6.45) is 4.79. The minimum absolute atomic E-state index is 0. The molecule has 1 N–H and O–H groups in total. The van der Waals surface area contributed by atoms with Crippen LogP contribution < -0.4 is 10.2 Å². The van der Waals surface area contributed by atoms with E-state index in [1.54, 1.807) is 0 Å². The second-order valence-corrected chi connectivity index (χ2v) is 8.45. The number of nitrogens with one attached hydrogen (secondary N) is 1. The van der Waals surface area contributed by atoms with E-state index >= 15 is 0 Å². The van der Waals surface area contributed by atoms with E-state index in [0.29, 0.717) is 0 Å². The molecule has 7 nitrogen and oxygen atoms in total. The highest BCUT2D eigenvalue weighted by Gasteiger charge is 2.22. The molecule has 2 aliphatic heterocycles. The van der Waals surface area contributed by atoms with Gasteiger partial charge in [-0.15, -0.1) is 24.0 Å². The summed E-state index contributed by atoms with van der Waals surface area (Å²) >= 11 is 1.53. The normalized spacial score (nSPS) is 19.3. The van der Waals surface area contributed by atoms with Crippen LogP contribution in [0.4, 0.5) is 5.13 Å². The Balaban J connectivity index is 0.00000300. The number of piperidine rings is 1. The van der Waals surface area contributed by atoms with Gasteiger partial charge < -0.3 is 20.0 Å². The van der Waals surface area contributed by atoms with Crippen LogP contribution in [-0.2, 0) is 6.42 Å². The van der Waals surface area contributed by atoms with Crippen molar-refractivity contribution < 1.29 is 0 Å². The number of hydrogen-bond donors (Lipinski definition) is 1. The lowest BCUT2D eigenvalue weighted by Crippen LogP contribution is -2.52. The number of hydrogen-bond acceptors (Lipinski definition) is 6. The van der Waals surface area contributed by atoms with Crippen LogP contribution in [0.5, 0.6) is 0 Å². The van der Waals surface area contributed by atoms with Crippen molar-refractivity contribution in [3.8, 4) is 0 Å². The fourth-order valence-corrected chi connectivity index (χ4v) is 4.80. The summed E-state index contributed by atoms with van der Waals surface area (Å²) in [5.41, 5.74) is 0. The molecule has 0 saturated carbocycles. The van der Waals surface area contributed by atoms with E-state index in [0.717, 1.165) is 68.5 Å². The second-order valence-electron chi connectivity index (χ2n) is 7.72. The molecule has 3 heterocycles. The van der Waals surface area contributed by atoms with Crippen molar-refractivity contribution in [2.45, 2.75) is 46.5 Å². The Morgan fingerprint density at radius 3 is 2.41 bits per heavy atom. The molecule has 0 aromatic carbocycles. The van der Waals surface area contributed by atoms with E-state index in [9.17, 15) is 0 Å². The van der Waals surface area contributed by atoms with Gasteiger partial charge in [0.05, 0.1) is 0 Å². The molecule has 29 heavy (non-hydrogen) atoms. The van der Waals surface area contributed by atoms with Gasteiger partial charge in [-0.25, -0.2) is 4.98 Å². The van der Waals surface area contributed by atoms with E-state index in [2.05, 4.69) is 50.1 Å². The van der Waals surface area contributed by atoms with E-state index in [1.807, 2.05) is 0 Å².